The molecule has 0 N–H and O–H groups in total. The van der Waals surface area contributed by atoms with Crippen molar-refractivity contribution >= 4 is 5.97 Å². The highest BCUT2D eigenvalue weighted by atomic mass is 16.5. The summed E-state index contributed by atoms with van der Waals surface area (Å²) in [5.41, 5.74) is 4.83. The molecule has 1 fully saturated rings. The van der Waals surface area contributed by atoms with Crippen LogP contribution in [0.2, 0.25) is 0 Å². The molecule has 1 saturated carbocycles. The maximum Gasteiger partial charge on any atom is 0.312 e. The minimum Gasteiger partial charge on any atom is -0.462 e. The molecule has 0 amide bonds. The normalized spacial score (nSPS) is 17.6. The summed E-state index contributed by atoms with van der Waals surface area (Å²) in [7, 11) is 0. The Morgan fingerprint density at radius 1 is 0.725 bits per heavy atom. The standard InChI is InChI=1S/C22H38.C16H30O2/c1-15(2)17-11-18(16(3)4)13-19(12-17)20(22(8,9)10)14-21(5,6)7;1-12(2)11-16(5,13(3)4)15(17)18-14-9-7-6-8-10-14/h11-13,15-16,20H,14H2,1-10H3;12-14H,6-11H2,1-5H3. The van der Waals surface area contributed by atoms with Gasteiger partial charge in [-0.05, 0) is 103 Å². The van der Waals surface area contributed by atoms with Crippen LogP contribution in [0.1, 0.15) is 183 Å². The Morgan fingerprint density at radius 2 is 1.18 bits per heavy atom. The Kier molecular flexibility index (Phi) is 14.0. The number of esters is 1. The zero-order chi connectivity index (χ0) is 31.1. The molecular formula is C38H68O2. The Morgan fingerprint density at radius 3 is 1.52 bits per heavy atom. The summed E-state index contributed by atoms with van der Waals surface area (Å²) < 4.78 is 5.78. The zero-order valence-corrected chi connectivity index (χ0v) is 29.5. The van der Waals surface area contributed by atoms with Crippen molar-refractivity contribution in [2.45, 2.75) is 173 Å². The molecular weight excluding hydrogens is 488 g/mol. The molecule has 1 aromatic rings. The smallest absolute Gasteiger partial charge is 0.312 e. The molecule has 2 atom stereocenters. The number of benzene rings is 1. The van der Waals surface area contributed by atoms with E-state index < -0.39 is 0 Å². The molecule has 0 aliphatic heterocycles. The van der Waals surface area contributed by atoms with E-state index in [0.29, 0.717) is 35.0 Å². The van der Waals surface area contributed by atoms with Crippen LogP contribution in [0.3, 0.4) is 0 Å². The second-order valence-electron chi connectivity index (χ2n) is 16.8. The molecule has 232 valence electrons. The van der Waals surface area contributed by atoms with Gasteiger partial charge in [0.05, 0.1) is 5.41 Å². The zero-order valence-electron chi connectivity index (χ0n) is 29.5. The van der Waals surface area contributed by atoms with Crippen molar-refractivity contribution in [2.75, 3.05) is 0 Å². The lowest BCUT2D eigenvalue weighted by Crippen LogP contribution is -2.38. The summed E-state index contributed by atoms with van der Waals surface area (Å²) in [5.74, 6) is 2.66. The van der Waals surface area contributed by atoms with E-state index in [1.165, 1.54) is 42.4 Å². The van der Waals surface area contributed by atoms with Crippen LogP contribution >= 0.6 is 0 Å². The fraction of sp³-hybridized carbons (Fsp3) is 0.816. The van der Waals surface area contributed by atoms with Crippen LogP contribution in [0.4, 0.5) is 0 Å². The van der Waals surface area contributed by atoms with Crippen molar-refractivity contribution in [1.29, 1.82) is 0 Å². The fourth-order valence-corrected chi connectivity index (χ4v) is 5.98. The second kappa shape index (κ2) is 15.2. The summed E-state index contributed by atoms with van der Waals surface area (Å²) in [4.78, 5) is 12.5. The molecule has 2 heteroatoms. The number of carbonyl (C=O) groups is 1. The average molecular weight is 557 g/mol. The number of hydrogen-bond donors (Lipinski definition) is 0. The molecule has 2 rings (SSSR count). The van der Waals surface area contributed by atoms with Gasteiger partial charge < -0.3 is 4.74 Å². The Balaban J connectivity index is 0.000000408. The highest BCUT2D eigenvalue weighted by molar-refractivity contribution is 5.77. The SMILES string of the molecule is CC(C)CC(C)(C(=O)OC1CCCCC1)C(C)C.CC(C)c1cc(C(C)C)cc(C(CC(C)(C)C)C(C)(C)C)c1. The van der Waals surface area contributed by atoms with Crippen molar-refractivity contribution < 1.29 is 9.53 Å². The van der Waals surface area contributed by atoms with Crippen LogP contribution in [0, 0.1) is 28.1 Å². The lowest BCUT2D eigenvalue weighted by atomic mass is 9.68. The number of ether oxygens (including phenoxy) is 1. The molecule has 0 saturated heterocycles. The molecule has 0 spiro atoms. The van der Waals surface area contributed by atoms with Gasteiger partial charge in [0, 0.05) is 0 Å². The molecule has 0 aromatic heterocycles. The summed E-state index contributed by atoms with van der Waals surface area (Å²) >= 11 is 0. The Labute approximate surface area is 250 Å². The molecule has 40 heavy (non-hydrogen) atoms. The van der Waals surface area contributed by atoms with Gasteiger partial charge in [0.2, 0.25) is 0 Å². The molecule has 2 nitrogen and oxygen atoms in total. The first kappa shape index (κ1) is 36.7. The molecule has 1 aliphatic carbocycles. The van der Waals surface area contributed by atoms with E-state index in [1.54, 1.807) is 0 Å². The first-order valence-electron chi connectivity index (χ1n) is 16.5. The Bertz CT molecular complexity index is 861. The first-order chi connectivity index (χ1) is 18.2. The minimum absolute atomic E-state index is 0.0260. The van der Waals surface area contributed by atoms with E-state index in [2.05, 4.69) is 122 Å². The van der Waals surface area contributed by atoms with Gasteiger partial charge in [-0.15, -0.1) is 0 Å². The summed E-state index contributed by atoms with van der Waals surface area (Å²) in [5, 5.41) is 0. The third kappa shape index (κ3) is 11.9. The van der Waals surface area contributed by atoms with Crippen molar-refractivity contribution in [1.82, 2.24) is 0 Å². The summed E-state index contributed by atoms with van der Waals surface area (Å²) in [6.45, 7) is 34.2. The third-order valence-electron chi connectivity index (χ3n) is 9.00. The van der Waals surface area contributed by atoms with Crippen LogP contribution in [-0.4, -0.2) is 12.1 Å². The lowest BCUT2D eigenvalue weighted by molar-refractivity contribution is -0.166. The third-order valence-corrected chi connectivity index (χ3v) is 9.00. The van der Waals surface area contributed by atoms with Gasteiger partial charge in [-0.3, -0.25) is 4.79 Å². The maximum atomic E-state index is 12.5. The van der Waals surface area contributed by atoms with Crippen LogP contribution < -0.4 is 0 Å². The predicted octanol–water partition coefficient (Wildman–Crippen LogP) is 12.1. The summed E-state index contributed by atoms with van der Waals surface area (Å²) in [6.07, 6.45) is 8.15. The van der Waals surface area contributed by atoms with Crippen LogP contribution in [0.5, 0.6) is 0 Å². The van der Waals surface area contributed by atoms with Gasteiger partial charge in [-0.25, -0.2) is 0 Å². The van der Waals surface area contributed by atoms with E-state index in [-0.39, 0.29) is 22.9 Å². The van der Waals surface area contributed by atoms with Crippen molar-refractivity contribution in [3.05, 3.63) is 34.9 Å². The summed E-state index contributed by atoms with van der Waals surface area (Å²) in [6, 6.07) is 7.35. The van der Waals surface area contributed by atoms with Gasteiger partial charge in [-0.2, -0.15) is 0 Å². The monoisotopic (exact) mass is 557 g/mol. The number of rotatable bonds is 9. The molecule has 0 heterocycles. The van der Waals surface area contributed by atoms with E-state index >= 15 is 0 Å². The van der Waals surface area contributed by atoms with Gasteiger partial charge in [0.15, 0.2) is 0 Å². The van der Waals surface area contributed by atoms with Crippen LogP contribution in [-0.2, 0) is 9.53 Å². The fourth-order valence-electron chi connectivity index (χ4n) is 5.98. The molecule has 0 radical (unpaired) electrons. The predicted molar refractivity (Wildman–Crippen MR) is 176 cm³/mol. The highest BCUT2D eigenvalue weighted by Crippen LogP contribution is 2.44. The van der Waals surface area contributed by atoms with Crippen LogP contribution in [0.15, 0.2) is 18.2 Å². The highest BCUT2D eigenvalue weighted by Gasteiger charge is 2.40. The van der Waals surface area contributed by atoms with Gasteiger partial charge >= 0.3 is 5.97 Å². The van der Waals surface area contributed by atoms with E-state index in [1.807, 2.05) is 0 Å². The topological polar surface area (TPSA) is 26.3 Å². The van der Waals surface area contributed by atoms with Gasteiger partial charge in [-0.1, -0.05) is 122 Å². The first-order valence-corrected chi connectivity index (χ1v) is 16.5. The second-order valence-corrected chi connectivity index (χ2v) is 16.8. The molecule has 2 unspecified atom stereocenters. The molecule has 0 bridgehead atoms. The minimum atomic E-state index is -0.328. The quantitative estimate of drug-likeness (QED) is 0.283. The van der Waals surface area contributed by atoms with E-state index in [0.717, 1.165) is 19.3 Å². The molecule has 1 aromatic carbocycles. The van der Waals surface area contributed by atoms with Crippen molar-refractivity contribution in [3.63, 3.8) is 0 Å². The van der Waals surface area contributed by atoms with Crippen molar-refractivity contribution in [2.24, 2.45) is 28.1 Å². The van der Waals surface area contributed by atoms with E-state index in [9.17, 15) is 4.79 Å². The lowest BCUT2D eigenvalue weighted by Gasteiger charge is -2.37. The number of carbonyl (C=O) groups excluding carboxylic acids is 1. The largest absolute Gasteiger partial charge is 0.462 e. The maximum absolute atomic E-state index is 12.5. The van der Waals surface area contributed by atoms with Gasteiger partial charge in [0.1, 0.15) is 6.10 Å². The van der Waals surface area contributed by atoms with E-state index in [4.69, 9.17) is 4.74 Å². The van der Waals surface area contributed by atoms with Crippen LogP contribution in [0.25, 0.3) is 0 Å². The van der Waals surface area contributed by atoms with Gasteiger partial charge in [0.25, 0.3) is 0 Å². The Hall–Kier alpha value is -1.31. The number of hydrogen-bond acceptors (Lipinski definition) is 2. The molecule has 1 aliphatic rings. The van der Waals surface area contributed by atoms with Crippen molar-refractivity contribution in [3.8, 4) is 0 Å². The average Bonchev–Trinajstić information content (AvgIpc) is 2.81.